The van der Waals surface area contributed by atoms with Crippen LogP contribution in [-0.4, -0.2) is 93.4 Å². The van der Waals surface area contributed by atoms with Gasteiger partial charge in [-0.25, -0.2) is 0 Å². The maximum Gasteiger partial charge on any atom is 0.221 e. The van der Waals surface area contributed by atoms with E-state index in [9.17, 15) is 9.90 Å². The highest BCUT2D eigenvalue weighted by molar-refractivity contribution is 5.76. The van der Waals surface area contributed by atoms with Gasteiger partial charge in [-0.15, -0.1) is 0 Å². The molecule has 2 N–H and O–H groups in total. The topological polar surface area (TPSA) is 68.3 Å². The summed E-state index contributed by atoms with van der Waals surface area (Å²) in [7, 11) is 2.12. The third-order valence-corrected chi connectivity index (χ3v) is 5.40. The summed E-state index contributed by atoms with van der Waals surface area (Å²) >= 11 is 0. The van der Waals surface area contributed by atoms with Gasteiger partial charge >= 0.3 is 0 Å². The highest BCUT2D eigenvalue weighted by Gasteiger charge is 2.16. The number of ether oxygens (including phenoxy) is 1. The first-order valence-electron chi connectivity index (χ1n) is 9.90. The number of hydrogen-bond acceptors (Lipinski definition) is 6. The molecule has 27 heavy (non-hydrogen) atoms. The summed E-state index contributed by atoms with van der Waals surface area (Å²) in [6, 6.07) is 7.93. The monoisotopic (exact) mass is 376 g/mol. The number of morpholine rings is 1. The van der Waals surface area contributed by atoms with Crippen LogP contribution in [0.4, 0.5) is 5.69 Å². The van der Waals surface area contributed by atoms with E-state index in [4.69, 9.17) is 4.74 Å². The lowest BCUT2D eigenvalue weighted by atomic mass is 10.1. The number of amides is 1. The number of aliphatic hydroxyl groups excluding tert-OH is 1. The smallest absolute Gasteiger partial charge is 0.221 e. The van der Waals surface area contributed by atoms with Crippen molar-refractivity contribution in [1.29, 1.82) is 0 Å². The van der Waals surface area contributed by atoms with E-state index >= 15 is 0 Å². The molecular formula is C20H32N4O3. The van der Waals surface area contributed by atoms with Gasteiger partial charge in [0.15, 0.2) is 0 Å². The van der Waals surface area contributed by atoms with E-state index in [1.54, 1.807) is 0 Å². The number of nitrogens with zero attached hydrogens (tertiary/aromatic N) is 3. The number of hydrogen-bond donors (Lipinski definition) is 2. The number of carbonyl (C=O) groups excluding carboxylic acids is 1. The zero-order valence-electron chi connectivity index (χ0n) is 16.3. The average molecular weight is 377 g/mol. The first-order chi connectivity index (χ1) is 13.1. The summed E-state index contributed by atoms with van der Waals surface area (Å²) < 4.78 is 5.37. The van der Waals surface area contributed by atoms with Crippen LogP contribution in [0.2, 0.25) is 0 Å². The minimum atomic E-state index is -0.684. The van der Waals surface area contributed by atoms with Crippen LogP contribution >= 0.6 is 0 Å². The number of nitrogens with one attached hydrogen (secondary N) is 1. The fourth-order valence-electron chi connectivity index (χ4n) is 3.48. The number of aliphatic hydroxyl groups is 1. The first-order valence-corrected chi connectivity index (χ1v) is 9.90. The van der Waals surface area contributed by atoms with Crippen molar-refractivity contribution in [2.24, 2.45) is 0 Å². The molecule has 3 rings (SSSR count). The van der Waals surface area contributed by atoms with Gasteiger partial charge in [0.25, 0.3) is 0 Å². The molecule has 1 aromatic rings. The van der Waals surface area contributed by atoms with E-state index in [2.05, 4.69) is 27.1 Å². The van der Waals surface area contributed by atoms with Crippen LogP contribution in [0.25, 0.3) is 0 Å². The molecule has 0 radical (unpaired) electrons. The second-order valence-corrected chi connectivity index (χ2v) is 7.41. The third kappa shape index (κ3) is 6.17. The van der Waals surface area contributed by atoms with Crippen LogP contribution in [0.3, 0.4) is 0 Å². The Bertz CT molecular complexity index is 581. The Labute approximate surface area is 161 Å². The minimum Gasteiger partial charge on any atom is -0.387 e. The Balaban J connectivity index is 1.38. The van der Waals surface area contributed by atoms with Gasteiger partial charge in [-0.1, -0.05) is 12.1 Å². The Morgan fingerprint density at radius 3 is 2.44 bits per heavy atom. The van der Waals surface area contributed by atoms with Crippen molar-refractivity contribution in [2.75, 3.05) is 77.5 Å². The molecule has 1 unspecified atom stereocenters. The van der Waals surface area contributed by atoms with Gasteiger partial charge in [-0.05, 0) is 24.7 Å². The number of benzene rings is 1. The second-order valence-electron chi connectivity index (χ2n) is 7.41. The van der Waals surface area contributed by atoms with Gasteiger partial charge in [0.1, 0.15) is 0 Å². The number of likely N-dealkylation sites (N-methyl/N-ethyl adjacent to an activating group) is 1. The number of carbonyl (C=O) groups is 1. The molecule has 2 heterocycles. The lowest BCUT2D eigenvalue weighted by Gasteiger charge is -2.32. The molecule has 0 aliphatic carbocycles. The fourth-order valence-corrected chi connectivity index (χ4v) is 3.48. The molecule has 1 atom stereocenters. The van der Waals surface area contributed by atoms with Crippen LogP contribution in [0, 0.1) is 0 Å². The zero-order chi connectivity index (χ0) is 19.1. The lowest BCUT2D eigenvalue weighted by Crippen LogP contribution is -2.45. The van der Waals surface area contributed by atoms with E-state index in [0.717, 1.165) is 70.3 Å². The molecule has 0 bridgehead atoms. The van der Waals surface area contributed by atoms with E-state index in [1.807, 2.05) is 24.3 Å². The van der Waals surface area contributed by atoms with E-state index in [0.29, 0.717) is 6.42 Å². The average Bonchev–Trinajstić information content (AvgIpc) is 2.72. The lowest BCUT2D eigenvalue weighted by molar-refractivity contribution is -0.122. The Kier molecular flexibility index (Phi) is 7.46. The molecule has 150 valence electrons. The maximum absolute atomic E-state index is 12.1. The summed E-state index contributed by atoms with van der Waals surface area (Å²) in [6.45, 7) is 8.47. The van der Waals surface area contributed by atoms with Crippen LogP contribution in [0.15, 0.2) is 24.3 Å². The number of piperazine rings is 1. The number of rotatable bonds is 7. The highest BCUT2D eigenvalue weighted by Crippen LogP contribution is 2.20. The molecular weight excluding hydrogens is 344 g/mol. The highest BCUT2D eigenvalue weighted by atomic mass is 16.5. The van der Waals surface area contributed by atoms with Gasteiger partial charge in [-0.3, -0.25) is 4.79 Å². The Hall–Kier alpha value is -1.67. The molecule has 2 aliphatic rings. The number of anilines is 1. The van der Waals surface area contributed by atoms with Crippen molar-refractivity contribution in [1.82, 2.24) is 15.1 Å². The van der Waals surface area contributed by atoms with Gasteiger partial charge in [0, 0.05) is 64.5 Å². The summed E-state index contributed by atoms with van der Waals surface area (Å²) in [5, 5.41) is 13.2. The fraction of sp³-hybridized carbons (Fsp3) is 0.650. The molecule has 7 heteroatoms. The molecule has 2 saturated heterocycles. The molecule has 2 fully saturated rings. The third-order valence-electron chi connectivity index (χ3n) is 5.40. The predicted molar refractivity (Wildman–Crippen MR) is 106 cm³/mol. The van der Waals surface area contributed by atoms with Gasteiger partial charge in [0.05, 0.1) is 19.3 Å². The van der Waals surface area contributed by atoms with Crippen molar-refractivity contribution < 1.29 is 14.6 Å². The normalized spacial score (nSPS) is 20.4. The van der Waals surface area contributed by atoms with E-state index < -0.39 is 6.10 Å². The Morgan fingerprint density at radius 1 is 1.11 bits per heavy atom. The van der Waals surface area contributed by atoms with Gasteiger partial charge in [0.2, 0.25) is 5.91 Å². The maximum atomic E-state index is 12.1. The first kappa shape index (κ1) is 20.1. The molecule has 1 amide bonds. The van der Waals surface area contributed by atoms with Crippen molar-refractivity contribution >= 4 is 11.6 Å². The van der Waals surface area contributed by atoms with Crippen molar-refractivity contribution in [3.05, 3.63) is 29.8 Å². The quantitative estimate of drug-likeness (QED) is 0.714. The van der Waals surface area contributed by atoms with Crippen LogP contribution in [0.5, 0.6) is 0 Å². The van der Waals surface area contributed by atoms with Crippen molar-refractivity contribution in [2.45, 2.75) is 12.5 Å². The molecule has 0 spiro atoms. The molecule has 2 aliphatic heterocycles. The molecule has 7 nitrogen and oxygen atoms in total. The summed E-state index contributed by atoms with van der Waals surface area (Å²) in [5.41, 5.74) is 1.97. The largest absolute Gasteiger partial charge is 0.387 e. The Morgan fingerprint density at radius 2 is 1.78 bits per heavy atom. The van der Waals surface area contributed by atoms with Crippen molar-refractivity contribution in [3.8, 4) is 0 Å². The molecule has 1 aromatic carbocycles. The SMILES string of the molecule is CN1CCN(CCC(=O)NCC(O)c2ccc(N3CCOCC3)cc2)CC1. The van der Waals surface area contributed by atoms with E-state index in [-0.39, 0.29) is 12.5 Å². The van der Waals surface area contributed by atoms with Gasteiger partial charge < -0.3 is 29.9 Å². The zero-order valence-corrected chi connectivity index (χ0v) is 16.3. The molecule has 0 saturated carbocycles. The van der Waals surface area contributed by atoms with Crippen LogP contribution in [-0.2, 0) is 9.53 Å². The van der Waals surface area contributed by atoms with Crippen LogP contribution < -0.4 is 10.2 Å². The van der Waals surface area contributed by atoms with Gasteiger partial charge in [-0.2, -0.15) is 0 Å². The van der Waals surface area contributed by atoms with Crippen molar-refractivity contribution in [3.63, 3.8) is 0 Å². The summed E-state index contributed by atoms with van der Waals surface area (Å²) in [4.78, 5) is 19.0. The minimum absolute atomic E-state index is 0.00193. The summed E-state index contributed by atoms with van der Waals surface area (Å²) in [6.07, 6.45) is -0.205. The second kappa shape index (κ2) is 10.0. The standard InChI is InChI=1S/C20H32N4O3/c1-22-8-10-23(11-9-22)7-6-20(26)21-16-19(25)17-2-4-18(5-3-17)24-12-14-27-15-13-24/h2-5,19,25H,6-16H2,1H3,(H,21,26). The van der Waals surface area contributed by atoms with E-state index in [1.165, 1.54) is 0 Å². The van der Waals surface area contributed by atoms with Crippen LogP contribution in [0.1, 0.15) is 18.1 Å². The summed E-state index contributed by atoms with van der Waals surface area (Å²) in [5.74, 6) is -0.00193. The molecule has 0 aromatic heterocycles. The predicted octanol–water partition coefficient (Wildman–Crippen LogP) is 0.310.